The number of hydrogen-bond donors (Lipinski definition) is 1. The second kappa shape index (κ2) is 8.93. The number of carbonyl (C=O) groups is 1. The number of hydrogen-bond acceptors (Lipinski definition) is 3. The third-order valence-corrected chi connectivity index (χ3v) is 4.74. The maximum absolute atomic E-state index is 12.1. The number of halogens is 2. The minimum Gasteiger partial charge on any atom is -0.493 e. The number of benzene rings is 2. The summed E-state index contributed by atoms with van der Waals surface area (Å²) in [5.41, 5.74) is 1.89. The normalized spacial score (nSPS) is 10.6. The van der Waals surface area contributed by atoms with Crippen LogP contribution in [-0.4, -0.2) is 22.1 Å². The first-order valence-corrected chi connectivity index (χ1v) is 9.21. The highest BCUT2D eigenvalue weighted by molar-refractivity contribution is 6.42. The van der Waals surface area contributed by atoms with E-state index in [2.05, 4.69) is 14.9 Å². The molecule has 7 heteroatoms. The lowest BCUT2D eigenvalue weighted by Crippen LogP contribution is -2.15. The largest absolute Gasteiger partial charge is 0.493 e. The van der Waals surface area contributed by atoms with Crippen molar-refractivity contribution in [3.8, 4) is 5.75 Å². The molecule has 1 N–H and O–H groups in total. The number of carbonyl (C=O) groups excluding carboxylic acids is 1. The number of imidazole rings is 1. The van der Waals surface area contributed by atoms with Gasteiger partial charge in [-0.15, -0.1) is 0 Å². The van der Waals surface area contributed by atoms with E-state index in [1.54, 1.807) is 24.4 Å². The number of rotatable bonds is 7. The molecule has 5 nitrogen and oxygen atoms in total. The molecule has 3 aromatic rings. The number of aromatic nitrogens is 2. The van der Waals surface area contributed by atoms with Crippen molar-refractivity contribution in [1.29, 1.82) is 0 Å². The Hall–Kier alpha value is -2.50. The molecule has 0 saturated heterocycles. The van der Waals surface area contributed by atoms with E-state index in [9.17, 15) is 4.79 Å². The van der Waals surface area contributed by atoms with Gasteiger partial charge in [0.1, 0.15) is 11.6 Å². The predicted molar refractivity (Wildman–Crippen MR) is 108 cm³/mol. The summed E-state index contributed by atoms with van der Waals surface area (Å²) in [6.07, 6.45) is 3.96. The zero-order valence-electron chi connectivity index (χ0n) is 14.8. The van der Waals surface area contributed by atoms with Gasteiger partial charge in [-0.2, -0.15) is 0 Å². The second-order valence-electron chi connectivity index (χ2n) is 6.02. The van der Waals surface area contributed by atoms with Crippen molar-refractivity contribution < 1.29 is 9.53 Å². The minimum atomic E-state index is -0.117. The molecule has 0 bridgehead atoms. The lowest BCUT2D eigenvalue weighted by Gasteiger charge is -2.09. The van der Waals surface area contributed by atoms with Gasteiger partial charge in [0.2, 0.25) is 5.91 Å². The van der Waals surface area contributed by atoms with E-state index in [0.717, 1.165) is 23.6 Å². The number of amides is 1. The number of anilines is 1. The molecule has 3 rings (SSSR count). The smallest absolute Gasteiger partial charge is 0.227 e. The fraction of sp³-hybridized carbons (Fsp3) is 0.200. The monoisotopic (exact) mass is 403 g/mol. The first kappa shape index (κ1) is 19.3. The van der Waals surface area contributed by atoms with E-state index in [1.165, 1.54) is 0 Å². The molecule has 0 aliphatic rings. The quantitative estimate of drug-likeness (QED) is 0.606. The average Bonchev–Trinajstić information content (AvgIpc) is 3.04. The van der Waals surface area contributed by atoms with Gasteiger partial charge in [-0.1, -0.05) is 35.3 Å². The summed E-state index contributed by atoms with van der Waals surface area (Å²) in [5.74, 6) is 1.43. The molecule has 27 heavy (non-hydrogen) atoms. The molecule has 140 valence electrons. The van der Waals surface area contributed by atoms with Crippen molar-refractivity contribution in [3.05, 3.63) is 76.3 Å². The Morgan fingerprint density at radius 1 is 1.15 bits per heavy atom. The van der Waals surface area contributed by atoms with Gasteiger partial charge < -0.3 is 14.6 Å². The van der Waals surface area contributed by atoms with Crippen molar-refractivity contribution in [1.82, 2.24) is 9.55 Å². The molecule has 0 unspecified atom stereocenters. The van der Waals surface area contributed by atoms with Gasteiger partial charge in [0.15, 0.2) is 0 Å². The molecule has 0 aliphatic carbocycles. The van der Waals surface area contributed by atoms with Gasteiger partial charge in [0, 0.05) is 30.7 Å². The van der Waals surface area contributed by atoms with Crippen LogP contribution in [0.25, 0.3) is 0 Å². The van der Waals surface area contributed by atoms with Gasteiger partial charge in [0.25, 0.3) is 0 Å². The van der Waals surface area contributed by atoms with E-state index in [4.69, 9.17) is 27.9 Å². The van der Waals surface area contributed by atoms with Crippen LogP contribution in [0.1, 0.15) is 17.8 Å². The van der Waals surface area contributed by atoms with Crippen molar-refractivity contribution >= 4 is 34.8 Å². The molecule has 0 radical (unpaired) electrons. The zero-order valence-corrected chi connectivity index (χ0v) is 16.3. The van der Waals surface area contributed by atoms with Crippen molar-refractivity contribution in [2.45, 2.75) is 19.9 Å². The van der Waals surface area contributed by atoms with Crippen molar-refractivity contribution in [2.24, 2.45) is 0 Å². The Balaban J connectivity index is 1.46. The Morgan fingerprint density at radius 3 is 2.59 bits per heavy atom. The van der Waals surface area contributed by atoms with Crippen LogP contribution < -0.4 is 10.1 Å². The Bertz CT molecular complexity index is 923. The lowest BCUT2D eigenvalue weighted by molar-refractivity contribution is -0.116. The van der Waals surface area contributed by atoms with Crippen LogP contribution in [0, 0.1) is 6.92 Å². The summed E-state index contributed by atoms with van der Waals surface area (Å²) in [6.45, 7) is 2.97. The Morgan fingerprint density at radius 2 is 1.93 bits per heavy atom. The maximum atomic E-state index is 12.1. The number of nitrogens with one attached hydrogen (secondary N) is 1. The molecule has 0 saturated carbocycles. The summed E-state index contributed by atoms with van der Waals surface area (Å²) in [6, 6.07) is 12.8. The first-order chi connectivity index (χ1) is 13.0. The van der Waals surface area contributed by atoms with Crippen molar-refractivity contribution in [2.75, 3.05) is 11.9 Å². The third-order valence-electron chi connectivity index (χ3n) is 4.00. The first-order valence-electron chi connectivity index (χ1n) is 8.45. The number of nitrogens with zero attached hydrogens (tertiary/aromatic N) is 2. The summed E-state index contributed by atoms with van der Waals surface area (Å²) < 4.78 is 7.59. The van der Waals surface area contributed by atoms with E-state index in [1.807, 2.05) is 37.4 Å². The van der Waals surface area contributed by atoms with Crippen LogP contribution in [-0.2, 0) is 11.3 Å². The molecule has 1 heterocycles. The number of aryl methyl sites for hydroxylation is 1. The molecule has 0 atom stereocenters. The summed E-state index contributed by atoms with van der Waals surface area (Å²) in [5, 5.41) is 3.75. The molecule has 2 aromatic carbocycles. The van der Waals surface area contributed by atoms with Gasteiger partial charge >= 0.3 is 0 Å². The topological polar surface area (TPSA) is 56.2 Å². The van der Waals surface area contributed by atoms with Gasteiger partial charge in [-0.25, -0.2) is 4.98 Å². The van der Waals surface area contributed by atoms with E-state index in [-0.39, 0.29) is 18.9 Å². The average molecular weight is 404 g/mol. The highest BCUT2D eigenvalue weighted by Gasteiger charge is 2.05. The van der Waals surface area contributed by atoms with E-state index < -0.39 is 0 Å². The molecular formula is C20H19Cl2N3O2. The van der Waals surface area contributed by atoms with Crippen LogP contribution in [0.15, 0.2) is 54.9 Å². The molecule has 0 spiro atoms. The van der Waals surface area contributed by atoms with Crippen LogP contribution in [0.3, 0.4) is 0 Å². The molecule has 1 amide bonds. The standard InChI is InChI=1S/C20H19Cl2N3O2/c1-14-23-9-10-25(14)13-15-2-4-16(5-3-15)24-20(26)8-11-27-17-6-7-18(21)19(22)12-17/h2-7,9-10,12H,8,11,13H2,1H3,(H,24,26). The predicted octanol–water partition coefficient (Wildman–Crippen LogP) is 4.95. The summed E-state index contributed by atoms with van der Waals surface area (Å²) in [7, 11) is 0. The van der Waals surface area contributed by atoms with E-state index >= 15 is 0 Å². The lowest BCUT2D eigenvalue weighted by atomic mass is 10.2. The minimum absolute atomic E-state index is 0.117. The fourth-order valence-electron chi connectivity index (χ4n) is 2.51. The highest BCUT2D eigenvalue weighted by atomic mass is 35.5. The fourth-order valence-corrected chi connectivity index (χ4v) is 2.80. The van der Waals surface area contributed by atoms with Gasteiger partial charge in [0.05, 0.1) is 23.1 Å². The zero-order chi connectivity index (χ0) is 19.2. The van der Waals surface area contributed by atoms with Crippen molar-refractivity contribution in [3.63, 3.8) is 0 Å². The maximum Gasteiger partial charge on any atom is 0.227 e. The Labute approximate surface area is 167 Å². The van der Waals surface area contributed by atoms with Crippen LogP contribution in [0.5, 0.6) is 5.75 Å². The molecule has 0 aliphatic heterocycles. The second-order valence-corrected chi connectivity index (χ2v) is 6.84. The summed E-state index contributed by atoms with van der Waals surface area (Å²) >= 11 is 11.8. The highest BCUT2D eigenvalue weighted by Crippen LogP contribution is 2.26. The van der Waals surface area contributed by atoms with Crippen LogP contribution >= 0.6 is 23.2 Å². The van der Waals surface area contributed by atoms with E-state index in [0.29, 0.717) is 15.8 Å². The molecule has 0 fully saturated rings. The molecular weight excluding hydrogens is 385 g/mol. The van der Waals surface area contributed by atoms with Crippen LogP contribution in [0.4, 0.5) is 5.69 Å². The Kier molecular flexibility index (Phi) is 6.37. The molecule has 1 aromatic heterocycles. The number of ether oxygens (including phenoxy) is 1. The van der Waals surface area contributed by atoms with Crippen LogP contribution in [0.2, 0.25) is 10.0 Å². The summed E-state index contributed by atoms with van der Waals surface area (Å²) in [4.78, 5) is 16.3. The van der Waals surface area contributed by atoms with Gasteiger partial charge in [-0.3, -0.25) is 4.79 Å². The van der Waals surface area contributed by atoms with Gasteiger partial charge in [-0.05, 0) is 36.8 Å². The third kappa shape index (κ3) is 5.49. The SMILES string of the molecule is Cc1nccn1Cc1ccc(NC(=O)CCOc2ccc(Cl)c(Cl)c2)cc1.